The van der Waals surface area contributed by atoms with Crippen LogP contribution < -0.4 is 10.1 Å². The van der Waals surface area contributed by atoms with E-state index < -0.39 is 35.1 Å². The van der Waals surface area contributed by atoms with Gasteiger partial charge in [-0.25, -0.2) is 4.79 Å². The largest absolute Gasteiger partial charge is 0.596 e. The van der Waals surface area contributed by atoms with Crippen molar-refractivity contribution in [1.29, 1.82) is 0 Å². The number of para-hydroxylation sites is 1. The molecule has 156 valence electrons. The number of carbonyl (C=O) groups is 1. The highest BCUT2D eigenvalue weighted by molar-refractivity contribution is 8.13. The molecule has 2 unspecified atom stereocenters. The van der Waals surface area contributed by atoms with Crippen molar-refractivity contribution >= 4 is 35.9 Å². The minimum atomic E-state index is -2.95. The third-order valence-electron chi connectivity index (χ3n) is 4.41. The molecule has 1 saturated heterocycles. The maximum atomic E-state index is 13.5. The van der Waals surface area contributed by atoms with Gasteiger partial charge in [0.15, 0.2) is 0 Å². The van der Waals surface area contributed by atoms with Crippen LogP contribution in [0, 0.1) is 0 Å². The van der Waals surface area contributed by atoms with Gasteiger partial charge in [0.05, 0.1) is 36.7 Å². The van der Waals surface area contributed by atoms with Gasteiger partial charge in [-0.05, 0) is 54.7 Å². The highest BCUT2D eigenvalue weighted by Gasteiger charge is 2.45. The second-order valence-electron chi connectivity index (χ2n) is 7.14. The van der Waals surface area contributed by atoms with E-state index in [1.165, 1.54) is 4.08 Å². The summed E-state index contributed by atoms with van der Waals surface area (Å²) in [5.74, 6) is 0.567. The predicted molar refractivity (Wildman–Crippen MR) is 110 cm³/mol. The van der Waals surface area contributed by atoms with Crippen LogP contribution in [-0.2, 0) is 38.6 Å². The predicted octanol–water partition coefficient (Wildman–Crippen LogP) is 3.31. The molecule has 3 rings (SSSR count). The highest BCUT2D eigenvalue weighted by atomic mass is 32.5. The topological polar surface area (TPSA) is 103 Å². The quantitative estimate of drug-likeness (QED) is 0.505. The van der Waals surface area contributed by atoms with Gasteiger partial charge in [0.25, 0.3) is 0 Å². The lowest BCUT2D eigenvalue weighted by molar-refractivity contribution is 0.136. The Morgan fingerprint density at radius 1 is 1.46 bits per heavy atom. The molecular weight excluding hydrogens is 423 g/mol. The number of benzene rings is 1. The molecule has 1 aromatic carbocycles. The summed E-state index contributed by atoms with van der Waals surface area (Å²) < 4.78 is 32.4. The van der Waals surface area contributed by atoms with E-state index in [1.807, 2.05) is 26.0 Å². The summed E-state index contributed by atoms with van der Waals surface area (Å²) in [5.41, 5.74) is 1.05. The first-order valence-electron chi connectivity index (χ1n) is 9.05. The van der Waals surface area contributed by atoms with Crippen LogP contribution in [0.15, 0.2) is 18.2 Å². The fraction of sp³-hybridized carbons (Fsp3) is 0.588. The lowest BCUT2D eigenvalue weighted by atomic mass is 10.0. The Kier molecular flexibility index (Phi) is 6.61. The molecule has 0 radical (unpaired) electrons. The Morgan fingerprint density at radius 3 is 2.75 bits per heavy atom. The van der Waals surface area contributed by atoms with Gasteiger partial charge in [-0.2, -0.15) is 0 Å². The molecule has 1 amide bonds. The van der Waals surface area contributed by atoms with Gasteiger partial charge in [0.1, 0.15) is 11.4 Å². The van der Waals surface area contributed by atoms with E-state index in [1.54, 1.807) is 13.0 Å². The number of hydrogen-bond acceptors (Lipinski definition) is 6. The maximum Gasteiger partial charge on any atom is 0.408 e. The number of nitrogens with zero attached hydrogens (tertiary/aromatic N) is 1. The lowest BCUT2D eigenvalue weighted by Gasteiger charge is -2.37. The van der Waals surface area contributed by atoms with Crippen LogP contribution in [0.3, 0.4) is 0 Å². The number of rotatable bonds is 6. The molecule has 8 nitrogen and oxygen atoms in total. The van der Waals surface area contributed by atoms with E-state index in [2.05, 4.69) is 5.32 Å². The second-order valence-corrected chi connectivity index (χ2v) is 12.2. The molecule has 2 N–H and O–H groups in total. The molecule has 0 aromatic heterocycles. The van der Waals surface area contributed by atoms with Crippen molar-refractivity contribution in [1.82, 2.24) is 9.39 Å². The normalized spacial score (nSPS) is 22.2. The van der Waals surface area contributed by atoms with Crippen molar-refractivity contribution in [2.45, 2.75) is 44.6 Å². The minimum absolute atomic E-state index is 0.295. The highest BCUT2D eigenvalue weighted by Crippen LogP contribution is 2.57. The van der Waals surface area contributed by atoms with Crippen LogP contribution >= 0.6 is 6.64 Å². The summed E-state index contributed by atoms with van der Waals surface area (Å²) in [6, 6.07) is 5.47. The van der Waals surface area contributed by atoms with E-state index in [0.717, 1.165) is 5.56 Å². The number of hydrogen-bond donors (Lipinski definition) is 2. The Morgan fingerprint density at radius 2 is 2.14 bits per heavy atom. The molecular formula is C17H25N2O6PS2. The molecule has 1 fully saturated rings. The third-order valence-corrected chi connectivity index (χ3v) is 10.4. The Balaban J connectivity index is 1.98. The average molecular weight is 449 g/mol. The molecule has 0 saturated carbocycles. The van der Waals surface area contributed by atoms with Crippen molar-refractivity contribution in [3.05, 3.63) is 29.3 Å². The monoisotopic (exact) mass is 448 g/mol. The fourth-order valence-electron chi connectivity index (χ4n) is 3.30. The first kappa shape index (κ1) is 21.8. The molecule has 28 heavy (non-hydrogen) atoms. The van der Waals surface area contributed by atoms with Gasteiger partial charge in [-0.1, -0.05) is 12.1 Å². The number of carboxylic acid groups (broad SMARTS) is 1. The van der Waals surface area contributed by atoms with Gasteiger partial charge in [0, 0.05) is 6.42 Å². The van der Waals surface area contributed by atoms with Crippen LogP contribution in [0.5, 0.6) is 5.75 Å². The summed E-state index contributed by atoms with van der Waals surface area (Å²) >= 11 is 3.70. The standard InChI is InChI=1S/C17H25N2O6PS2/c1-4-19(26(27)23-9-6-10-24-26)28(22)15(18-16(20)21)13-8-5-7-12-11-17(2,3)25-14(12)13/h5,7-8,15,18H,4,6,9-11H2,1-3H3,(H,20,21). The smallest absolute Gasteiger partial charge is 0.408 e. The van der Waals surface area contributed by atoms with Crippen molar-refractivity contribution in [2.75, 3.05) is 19.8 Å². The Hall–Kier alpha value is -0.870. The van der Waals surface area contributed by atoms with Gasteiger partial charge in [-0.15, -0.1) is 0 Å². The number of amides is 1. The van der Waals surface area contributed by atoms with Gasteiger partial charge >= 0.3 is 12.7 Å². The summed E-state index contributed by atoms with van der Waals surface area (Å²) in [5, 5.41) is 10.7. The van der Waals surface area contributed by atoms with Crippen LogP contribution in [-0.4, -0.2) is 45.2 Å². The fourth-order valence-corrected chi connectivity index (χ4v) is 8.54. The zero-order chi connectivity index (χ0) is 20.5. The molecule has 2 heterocycles. The molecule has 0 bridgehead atoms. The van der Waals surface area contributed by atoms with E-state index >= 15 is 0 Å². The van der Waals surface area contributed by atoms with E-state index in [9.17, 15) is 14.5 Å². The molecule has 0 aliphatic carbocycles. The molecule has 0 spiro atoms. The zero-order valence-corrected chi connectivity index (χ0v) is 18.6. The summed E-state index contributed by atoms with van der Waals surface area (Å²) in [7, 11) is 0. The van der Waals surface area contributed by atoms with Crippen LogP contribution in [0.2, 0.25) is 0 Å². The molecule has 2 aliphatic rings. The second kappa shape index (κ2) is 8.47. The zero-order valence-electron chi connectivity index (χ0n) is 16.0. The Bertz CT molecular complexity index is 783. The van der Waals surface area contributed by atoms with E-state index in [0.29, 0.717) is 43.9 Å². The van der Waals surface area contributed by atoms with Crippen molar-refractivity contribution in [3.8, 4) is 5.75 Å². The molecule has 11 heteroatoms. The van der Waals surface area contributed by atoms with Crippen molar-refractivity contribution in [3.63, 3.8) is 0 Å². The minimum Gasteiger partial charge on any atom is -0.596 e. The first-order chi connectivity index (χ1) is 13.2. The summed E-state index contributed by atoms with van der Waals surface area (Å²) in [6.45, 7) is 3.91. The van der Waals surface area contributed by atoms with E-state index in [-0.39, 0.29) is 0 Å². The molecule has 1 aromatic rings. The van der Waals surface area contributed by atoms with Gasteiger partial charge in [0.2, 0.25) is 5.37 Å². The van der Waals surface area contributed by atoms with E-state index in [4.69, 9.17) is 25.6 Å². The third kappa shape index (κ3) is 4.48. The van der Waals surface area contributed by atoms with Crippen LogP contribution in [0.1, 0.15) is 43.7 Å². The Labute approximate surface area is 173 Å². The summed E-state index contributed by atoms with van der Waals surface area (Å²) in [6.07, 6.45) is 0.116. The maximum absolute atomic E-state index is 13.5. The van der Waals surface area contributed by atoms with Crippen LogP contribution in [0.25, 0.3) is 0 Å². The molecule has 2 aliphatic heterocycles. The van der Waals surface area contributed by atoms with Gasteiger partial charge < -0.3 is 23.4 Å². The first-order valence-corrected chi connectivity index (χ1v) is 12.8. The SMILES string of the molecule is CCN([S+]([O-])C(NC(=O)O)c1cccc2c1OC(C)(C)C2)P1(=S)OCCCO1. The molecule has 2 atom stereocenters. The lowest BCUT2D eigenvalue weighted by Crippen LogP contribution is -2.42. The summed E-state index contributed by atoms with van der Waals surface area (Å²) in [4.78, 5) is 11.5. The van der Waals surface area contributed by atoms with Crippen LogP contribution in [0.4, 0.5) is 4.79 Å². The average Bonchev–Trinajstić information content (AvgIpc) is 2.94. The number of ether oxygens (including phenoxy) is 1. The van der Waals surface area contributed by atoms with Crippen molar-refractivity contribution in [2.24, 2.45) is 0 Å². The number of nitrogens with one attached hydrogen (secondary N) is 1. The van der Waals surface area contributed by atoms with Crippen molar-refractivity contribution < 1.29 is 28.2 Å². The number of fused-ring (bicyclic) bond motifs is 1. The van der Waals surface area contributed by atoms with Gasteiger partial charge in [-0.3, -0.25) is 5.32 Å².